The fourth-order valence-corrected chi connectivity index (χ4v) is 4.39. The van der Waals surface area contributed by atoms with Crippen molar-refractivity contribution in [3.05, 3.63) is 78.4 Å². The number of hydrogen-bond acceptors (Lipinski definition) is 6. The maximum atomic E-state index is 14.1. The molecule has 0 aliphatic rings. The zero-order valence-corrected chi connectivity index (χ0v) is 22.8. The van der Waals surface area contributed by atoms with Crippen molar-refractivity contribution in [2.45, 2.75) is 39.8 Å². The molecule has 0 aliphatic carbocycles. The lowest BCUT2D eigenvalue weighted by Gasteiger charge is -2.32. The Morgan fingerprint density at radius 1 is 1.00 bits per heavy atom. The molecule has 0 fully saturated rings. The minimum absolute atomic E-state index is 0.0979. The van der Waals surface area contributed by atoms with E-state index in [4.69, 9.17) is 9.47 Å². The topological polar surface area (TPSA) is 98.6 Å². The lowest BCUT2D eigenvalue weighted by Crippen LogP contribution is -2.45. The van der Waals surface area contributed by atoms with Gasteiger partial charge >= 0.3 is 0 Å². The molecule has 4 rings (SSSR count). The third-order valence-electron chi connectivity index (χ3n) is 6.34. The van der Waals surface area contributed by atoms with E-state index in [0.717, 1.165) is 11.9 Å². The maximum Gasteiger partial charge on any atom is 0.249 e. The standard InChI is InChI=1S/C30H35N5O4/c1-5-39-26-16-15-22(19-27(26)38-4)29(30(37)31-18-17-21(2)3)35(23-11-7-6-8-12-23)28(36)20-34-25-14-10-9-13-24(25)32-33-34/h6-16,19,21,29H,5,17-18,20H2,1-4H3,(H,31,37). The van der Waals surface area contributed by atoms with E-state index in [1.54, 1.807) is 30.0 Å². The molecular weight excluding hydrogens is 494 g/mol. The van der Waals surface area contributed by atoms with Crippen LogP contribution in [0.1, 0.15) is 38.8 Å². The Morgan fingerprint density at radius 3 is 2.46 bits per heavy atom. The Bertz CT molecular complexity index is 1400. The lowest BCUT2D eigenvalue weighted by molar-refractivity contribution is -0.127. The molecule has 1 N–H and O–H groups in total. The van der Waals surface area contributed by atoms with Gasteiger partial charge in [0.2, 0.25) is 11.8 Å². The number of para-hydroxylation sites is 2. The molecule has 0 aliphatic heterocycles. The molecule has 1 atom stereocenters. The molecule has 3 aromatic carbocycles. The van der Waals surface area contributed by atoms with Gasteiger partial charge < -0.3 is 14.8 Å². The number of methoxy groups -OCH3 is 1. The van der Waals surface area contributed by atoms with Crippen molar-refractivity contribution in [2.24, 2.45) is 5.92 Å². The van der Waals surface area contributed by atoms with Crippen LogP contribution in [0.25, 0.3) is 11.0 Å². The molecule has 1 aromatic heterocycles. The van der Waals surface area contributed by atoms with E-state index >= 15 is 0 Å². The summed E-state index contributed by atoms with van der Waals surface area (Å²) in [6.45, 7) is 6.95. The molecule has 204 valence electrons. The third-order valence-corrected chi connectivity index (χ3v) is 6.34. The Kier molecular flexibility index (Phi) is 9.14. The van der Waals surface area contributed by atoms with Crippen LogP contribution in [0, 0.1) is 5.92 Å². The predicted octanol–water partition coefficient (Wildman–Crippen LogP) is 4.78. The van der Waals surface area contributed by atoms with Gasteiger partial charge in [0.1, 0.15) is 18.1 Å². The van der Waals surface area contributed by atoms with Crippen molar-refractivity contribution in [3.8, 4) is 11.5 Å². The second-order valence-corrected chi connectivity index (χ2v) is 9.55. The quantitative estimate of drug-likeness (QED) is 0.284. The first kappa shape index (κ1) is 27.6. The fourth-order valence-electron chi connectivity index (χ4n) is 4.39. The van der Waals surface area contributed by atoms with Gasteiger partial charge in [-0.3, -0.25) is 14.5 Å². The maximum absolute atomic E-state index is 14.1. The van der Waals surface area contributed by atoms with Gasteiger partial charge in [-0.15, -0.1) is 5.10 Å². The van der Waals surface area contributed by atoms with Gasteiger partial charge in [0.15, 0.2) is 11.5 Å². The first-order chi connectivity index (χ1) is 18.9. The van der Waals surface area contributed by atoms with Crippen LogP contribution in [0.5, 0.6) is 11.5 Å². The molecule has 9 nitrogen and oxygen atoms in total. The van der Waals surface area contributed by atoms with Gasteiger partial charge in [0.25, 0.3) is 0 Å². The number of aromatic nitrogens is 3. The van der Waals surface area contributed by atoms with Gasteiger partial charge in [-0.25, -0.2) is 4.68 Å². The second-order valence-electron chi connectivity index (χ2n) is 9.55. The number of benzene rings is 3. The van der Waals surface area contributed by atoms with E-state index in [1.807, 2.05) is 61.5 Å². The summed E-state index contributed by atoms with van der Waals surface area (Å²) in [4.78, 5) is 29.5. The zero-order valence-electron chi connectivity index (χ0n) is 22.8. The molecule has 4 aromatic rings. The summed E-state index contributed by atoms with van der Waals surface area (Å²) in [7, 11) is 1.55. The van der Waals surface area contributed by atoms with Crippen LogP contribution in [0.2, 0.25) is 0 Å². The Morgan fingerprint density at radius 2 is 1.74 bits per heavy atom. The number of hydrogen-bond donors (Lipinski definition) is 1. The van der Waals surface area contributed by atoms with Crippen molar-refractivity contribution < 1.29 is 19.1 Å². The SMILES string of the molecule is CCOc1ccc(C(C(=O)NCCC(C)C)N(C(=O)Cn2nnc3ccccc32)c2ccccc2)cc1OC. The van der Waals surface area contributed by atoms with Gasteiger partial charge in [0.05, 0.1) is 19.2 Å². The average Bonchev–Trinajstić information content (AvgIpc) is 3.34. The number of nitrogens with zero attached hydrogens (tertiary/aromatic N) is 4. The number of anilines is 1. The van der Waals surface area contributed by atoms with Crippen LogP contribution >= 0.6 is 0 Å². The van der Waals surface area contributed by atoms with E-state index in [0.29, 0.717) is 47.3 Å². The van der Waals surface area contributed by atoms with Crippen molar-refractivity contribution in [2.75, 3.05) is 25.2 Å². The summed E-state index contributed by atoms with van der Waals surface area (Å²) < 4.78 is 12.8. The minimum atomic E-state index is -0.966. The third kappa shape index (κ3) is 6.54. The highest BCUT2D eigenvalue weighted by Gasteiger charge is 2.34. The minimum Gasteiger partial charge on any atom is -0.493 e. The van der Waals surface area contributed by atoms with Gasteiger partial charge in [0, 0.05) is 12.2 Å². The van der Waals surface area contributed by atoms with Crippen molar-refractivity contribution in [1.82, 2.24) is 20.3 Å². The van der Waals surface area contributed by atoms with Crippen molar-refractivity contribution >= 4 is 28.5 Å². The molecule has 0 bridgehead atoms. The van der Waals surface area contributed by atoms with E-state index in [1.165, 1.54) is 4.90 Å². The predicted molar refractivity (Wildman–Crippen MR) is 151 cm³/mol. The van der Waals surface area contributed by atoms with Gasteiger partial charge in [-0.2, -0.15) is 0 Å². The summed E-state index contributed by atoms with van der Waals surface area (Å²) in [6.07, 6.45) is 0.815. The van der Waals surface area contributed by atoms with Crippen LogP contribution in [-0.4, -0.2) is 47.1 Å². The van der Waals surface area contributed by atoms with E-state index in [-0.39, 0.29) is 18.4 Å². The van der Waals surface area contributed by atoms with Crippen LogP contribution < -0.4 is 19.7 Å². The lowest BCUT2D eigenvalue weighted by atomic mass is 10.0. The number of carbonyl (C=O) groups is 2. The molecule has 0 saturated heterocycles. The van der Waals surface area contributed by atoms with Crippen LogP contribution in [0.3, 0.4) is 0 Å². The molecule has 0 radical (unpaired) electrons. The highest BCUT2D eigenvalue weighted by Crippen LogP contribution is 2.35. The molecule has 9 heteroatoms. The Labute approximate surface area is 228 Å². The molecule has 1 heterocycles. The van der Waals surface area contributed by atoms with Crippen LogP contribution in [0.15, 0.2) is 72.8 Å². The normalized spacial score (nSPS) is 11.8. The summed E-state index contributed by atoms with van der Waals surface area (Å²) in [5.74, 6) is 0.865. The first-order valence-electron chi connectivity index (χ1n) is 13.2. The second kappa shape index (κ2) is 12.9. The molecule has 39 heavy (non-hydrogen) atoms. The molecule has 2 amide bonds. The highest BCUT2D eigenvalue weighted by atomic mass is 16.5. The Hall–Kier alpha value is -4.40. The Balaban J connectivity index is 1.78. The fraction of sp³-hybridized carbons (Fsp3) is 0.333. The van der Waals surface area contributed by atoms with E-state index < -0.39 is 6.04 Å². The molecule has 0 spiro atoms. The van der Waals surface area contributed by atoms with Gasteiger partial charge in [-0.05, 0) is 61.2 Å². The first-order valence-corrected chi connectivity index (χ1v) is 13.2. The van der Waals surface area contributed by atoms with E-state index in [9.17, 15) is 9.59 Å². The highest BCUT2D eigenvalue weighted by molar-refractivity contribution is 6.01. The average molecular weight is 530 g/mol. The number of rotatable bonds is 12. The van der Waals surface area contributed by atoms with Crippen molar-refractivity contribution in [1.29, 1.82) is 0 Å². The smallest absolute Gasteiger partial charge is 0.249 e. The number of nitrogens with one attached hydrogen (secondary N) is 1. The molecule has 1 unspecified atom stereocenters. The number of amides is 2. The van der Waals surface area contributed by atoms with Crippen LogP contribution in [-0.2, 0) is 16.1 Å². The van der Waals surface area contributed by atoms with Crippen molar-refractivity contribution in [3.63, 3.8) is 0 Å². The summed E-state index contributed by atoms with van der Waals surface area (Å²) in [6, 6.07) is 21.0. The van der Waals surface area contributed by atoms with Crippen LogP contribution in [0.4, 0.5) is 5.69 Å². The monoisotopic (exact) mass is 529 g/mol. The zero-order chi connectivity index (χ0) is 27.8. The molecule has 0 saturated carbocycles. The largest absolute Gasteiger partial charge is 0.493 e. The number of ether oxygens (including phenoxy) is 2. The number of fused-ring (bicyclic) bond motifs is 1. The van der Waals surface area contributed by atoms with Gasteiger partial charge in [-0.1, -0.05) is 55.5 Å². The summed E-state index contributed by atoms with van der Waals surface area (Å²) >= 11 is 0. The molecular formula is C30H35N5O4. The summed E-state index contributed by atoms with van der Waals surface area (Å²) in [5, 5.41) is 11.4. The van der Waals surface area contributed by atoms with E-state index in [2.05, 4.69) is 29.5 Å². The summed E-state index contributed by atoms with van der Waals surface area (Å²) in [5.41, 5.74) is 2.61. The number of carbonyl (C=O) groups excluding carboxylic acids is 2.